The third-order valence-electron chi connectivity index (χ3n) is 5.46. The molecule has 0 spiro atoms. The van der Waals surface area contributed by atoms with E-state index in [0.717, 1.165) is 41.2 Å². The number of nitrogens with two attached hydrogens (primary N) is 1. The summed E-state index contributed by atoms with van der Waals surface area (Å²) < 4.78 is 10.9. The Bertz CT molecular complexity index is 804. The second-order valence-corrected chi connectivity index (χ2v) is 7.42. The average molecular weight is 403 g/mol. The number of rotatable bonds is 5. The van der Waals surface area contributed by atoms with Crippen molar-refractivity contribution in [2.24, 2.45) is 0 Å². The summed E-state index contributed by atoms with van der Waals surface area (Å²) in [6.45, 7) is 0.871. The fourth-order valence-electron chi connectivity index (χ4n) is 3.96. The third kappa shape index (κ3) is 4.71. The van der Waals surface area contributed by atoms with E-state index < -0.39 is 0 Å². The van der Waals surface area contributed by atoms with Crippen LogP contribution < -0.4 is 15.2 Å². The van der Waals surface area contributed by atoms with Crippen LogP contribution in [0.4, 0.5) is 5.69 Å². The number of nitrogens with zero attached hydrogens (tertiary/aromatic N) is 1. The van der Waals surface area contributed by atoms with Crippen molar-refractivity contribution in [1.82, 2.24) is 4.90 Å². The fraction of sp³-hybridized carbons (Fsp3) is 0.409. The van der Waals surface area contributed by atoms with Gasteiger partial charge in [-0.3, -0.25) is 4.79 Å². The highest BCUT2D eigenvalue weighted by atomic mass is 35.5. The van der Waals surface area contributed by atoms with Crippen LogP contribution in [0.1, 0.15) is 43.2 Å². The molecule has 1 aliphatic carbocycles. The summed E-state index contributed by atoms with van der Waals surface area (Å²) >= 11 is 0. The number of hydrogen-bond donors (Lipinski definition) is 1. The molecule has 150 valence electrons. The van der Waals surface area contributed by atoms with Crippen molar-refractivity contribution in [3.8, 4) is 11.5 Å². The lowest BCUT2D eigenvalue weighted by Gasteiger charge is -2.34. The van der Waals surface area contributed by atoms with E-state index in [9.17, 15) is 4.79 Å². The van der Waals surface area contributed by atoms with E-state index in [0.29, 0.717) is 19.0 Å². The largest absolute Gasteiger partial charge is 0.454 e. The minimum Gasteiger partial charge on any atom is -0.454 e. The van der Waals surface area contributed by atoms with Gasteiger partial charge in [0.2, 0.25) is 12.7 Å². The van der Waals surface area contributed by atoms with Gasteiger partial charge in [0.15, 0.2) is 11.5 Å². The molecule has 4 rings (SSSR count). The van der Waals surface area contributed by atoms with Gasteiger partial charge >= 0.3 is 0 Å². The predicted molar refractivity (Wildman–Crippen MR) is 112 cm³/mol. The van der Waals surface area contributed by atoms with Gasteiger partial charge in [-0.05, 0) is 48.2 Å². The van der Waals surface area contributed by atoms with Crippen LogP contribution in [0.3, 0.4) is 0 Å². The molecule has 5 nitrogen and oxygen atoms in total. The van der Waals surface area contributed by atoms with Gasteiger partial charge in [0.05, 0.1) is 6.42 Å². The van der Waals surface area contributed by atoms with Gasteiger partial charge in [0.25, 0.3) is 0 Å². The highest BCUT2D eigenvalue weighted by Gasteiger charge is 2.26. The standard InChI is InChI=1S/C22H26N2O3.ClH/c23-18-9-6-16(7-10-18)13-22(25)24(19-4-2-1-3-5-19)14-17-8-11-20-21(12-17)27-15-26-20;/h6-12,19H,1-5,13-15,23H2;1H. The minimum atomic E-state index is 0. The Labute approximate surface area is 172 Å². The van der Waals surface area contributed by atoms with Crippen LogP contribution in [0.2, 0.25) is 0 Å². The lowest BCUT2D eigenvalue weighted by molar-refractivity contribution is -0.134. The summed E-state index contributed by atoms with van der Waals surface area (Å²) in [5.41, 5.74) is 8.56. The molecular formula is C22H27ClN2O3. The number of nitrogen functional groups attached to an aromatic ring is 1. The molecule has 0 radical (unpaired) electrons. The van der Waals surface area contributed by atoms with Crippen molar-refractivity contribution in [3.05, 3.63) is 53.6 Å². The number of ether oxygens (including phenoxy) is 2. The van der Waals surface area contributed by atoms with Crippen LogP contribution in [0, 0.1) is 0 Å². The Morgan fingerprint density at radius 1 is 0.964 bits per heavy atom. The molecule has 0 saturated heterocycles. The summed E-state index contributed by atoms with van der Waals surface area (Å²) in [4.78, 5) is 15.2. The Kier molecular flexibility index (Phi) is 6.68. The first kappa shape index (κ1) is 20.3. The molecule has 1 fully saturated rings. The summed E-state index contributed by atoms with van der Waals surface area (Å²) in [6, 6.07) is 13.8. The van der Waals surface area contributed by atoms with Gasteiger partial charge in [0, 0.05) is 18.3 Å². The molecule has 2 aromatic carbocycles. The highest BCUT2D eigenvalue weighted by Crippen LogP contribution is 2.33. The molecule has 0 atom stereocenters. The van der Waals surface area contributed by atoms with Crippen molar-refractivity contribution >= 4 is 24.0 Å². The van der Waals surface area contributed by atoms with Crippen molar-refractivity contribution in [3.63, 3.8) is 0 Å². The van der Waals surface area contributed by atoms with Crippen molar-refractivity contribution in [2.75, 3.05) is 12.5 Å². The second kappa shape index (κ2) is 9.20. The van der Waals surface area contributed by atoms with Crippen molar-refractivity contribution in [2.45, 2.75) is 51.1 Å². The number of benzene rings is 2. The zero-order chi connectivity index (χ0) is 18.6. The number of carbonyl (C=O) groups excluding carboxylic acids is 1. The van der Waals surface area contributed by atoms with E-state index in [1.807, 2.05) is 42.5 Å². The van der Waals surface area contributed by atoms with Gasteiger partial charge in [-0.15, -0.1) is 12.4 Å². The van der Waals surface area contributed by atoms with Gasteiger partial charge in [-0.25, -0.2) is 0 Å². The number of fused-ring (bicyclic) bond motifs is 1. The van der Waals surface area contributed by atoms with E-state index in [-0.39, 0.29) is 25.1 Å². The smallest absolute Gasteiger partial charge is 0.231 e. The molecule has 0 aromatic heterocycles. The quantitative estimate of drug-likeness (QED) is 0.756. The maximum absolute atomic E-state index is 13.2. The Balaban J connectivity index is 0.00000225. The average Bonchev–Trinajstić information content (AvgIpc) is 3.16. The molecule has 2 aromatic rings. The molecule has 2 aliphatic rings. The zero-order valence-electron chi connectivity index (χ0n) is 15.9. The van der Waals surface area contributed by atoms with Crippen LogP contribution in [0.5, 0.6) is 11.5 Å². The Hall–Kier alpha value is -2.40. The lowest BCUT2D eigenvalue weighted by atomic mass is 9.93. The van der Waals surface area contributed by atoms with Crippen LogP contribution in [0.15, 0.2) is 42.5 Å². The first-order chi connectivity index (χ1) is 13.2. The summed E-state index contributed by atoms with van der Waals surface area (Å²) in [5.74, 6) is 1.71. The predicted octanol–water partition coefficient (Wildman–Crippen LogP) is 4.32. The topological polar surface area (TPSA) is 64.8 Å². The van der Waals surface area contributed by atoms with Gasteiger partial charge in [0.1, 0.15) is 0 Å². The van der Waals surface area contributed by atoms with Gasteiger partial charge in [-0.2, -0.15) is 0 Å². The summed E-state index contributed by atoms with van der Waals surface area (Å²) in [7, 11) is 0. The fourth-order valence-corrected chi connectivity index (χ4v) is 3.96. The van der Waals surface area contributed by atoms with Crippen LogP contribution in [0.25, 0.3) is 0 Å². The number of halogens is 1. The first-order valence-electron chi connectivity index (χ1n) is 9.71. The molecule has 2 N–H and O–H groups in total. The van der Waals surface area contributed by atoms with Gasteiger partial charge in [-0.1, -0.05) is 37.5 Å². The van der Waals surface area contributed by atoms with Crippen LogP contribution in [-0.4, -0.2) is 23.6 Å². The molecular weight excluding hydrogens is 376 g/mol. The molecule has 0 unspecified atom stereocenters. The summed E-state index contributed by atoms with van der Waals surface area (Å²) in [5, 5.41) is 0. The van der Waals surface area contributed by atoms with E-state index in [4.69, 9.17) is 15.2 Å². The minimum absolute atomic E-state index is 0. The lowest BCUT2D eigenvalue weighted by Crippen LogP contribution is -2.41. The van der Waals surface area contributed by atoms with Crippen molar-refractivity contribution < 1.29 is 14.3 Å². The number of amides is 1. The zero-order valence-corrected chi connectivity index (χ0v) is 16.7. The summed E-state index contributed by atoms with van der Waals surface area (Å²) in [6.07, 6.45) is 6.22. The molecule has 28 heavy (non-hydrogen) atoms. The first-order valence-corrected chi connectivity index (χ1v) is 9.71. The SMILES string of the molecule is Cl.Nc1ccc(CC(=O)N(Cc2ccc3c(c2)OCO3)C2CCCCC2)cc1. The molecule has 1 aliphatic heterocycles. The molecule has 6 heteroatoms. The molecule has 1 saturated carbocycles. The second-order valence-electron chi connectivity index (χ2n) is 7.42. The maximum atomic E-state index is 13.2. The monoisotopic (exact) mass is 402 g/mol. The number of hydrogen-bond acceptors (Lipinski definition) is 4. The van der Waals surface area contributed by atoms with E-state index in [1.165, 1.54) is 19.3 Å². The molecule has 1 amide bonds. The molecule has 0 bridgehead atoms. The van der Waals surface area contributed by atoms with Crippen LogP contribution >= 0.6 is 12.4 Å². The number of carbonyl (C=O) groups is 1. The highest BCUT2D eigenvalue weighted by molar-refractivity contribution is 5.85. The van der Waals surface area contributed by atoms with Crippen molar-refractivity contribution in [1.29, 1.82) is 0 Å². The van der Waals surface area contributed by atoms with Gasteiger partial charge < -0.3 is 20.1 Å². The maximum Gasteiger partial charge on any atom is 0.231 e. The van der Waals surface area contributed by atoms with Crippen LogP contribution in [-0.2, 0) is 17.8 Å². The van der Waals surface area contributed by atoms with E-state index >= 15 is 0 Å². The molecule has 1 heterocycles. The Morgan fingerprint density at radius 2 is 1.64 bits per heavy atom. The van der Waals surface area contributed by atoms with E-state index in [1.54, 1.807) is 0 Å². The number of anilines is 1. The van der Waals surface area contributed by atoms with E-state index in [2.05, 4.69) is 4.90 Å². The normalized spacial score (nSPS) is 15.7. The third-order valence-corrected chi connectivity index (χ3v) is 5.46. The Morgan fingerprint density at radius 3 is 2.39 bits per heavy atom.